The first-order valence-corrected chi connectivity index (χ1v) is 6.83. The van der Waals surface area contributed by atoms with Crippen LogP contribution in [0.2, 0.25) is 10.0 Å². The zero-order valence-corrected chi connectivity index (χ0v) is 12.1. The molecule has 2 aromatic carbocycles. The lowest BCUT2D eigenvalue weighted by atomic mass is 10.3. The first-order chi connectivity index (χ1) is 9.63. The van der Waals surface area contributed by atoms with E-state index in [1.54, 1.807) is 24.3 Å². The lowest BCUT2D eigenvalue weighted by molar-refractivity contribution is 0.263. The van der Waals surface area contributed by atoms with Gasteiger partial charge < -0.3 is 14.6 Å². The highest BCUT2D eigenvalue weighted by atomic mass is 35.5. The van der Waals surface area contributed by atoms with Crippen LogP contribution in [-0.4, -0.2) is 24.4 Å². The van der Waals surface area contributed by atoms with Crippen molar-refractivity contribution in [2.24, 2.45) is 0 Å². The first-order valence-electron chi connectivity index (χ1n) is 6.08. The first kappa shape index (κ1) is 15.0. The Hall–Kier alpha value is -1.42. The van der Waals surface area contributed by atoms with Gasteiger partial charge in [-0.15, -0.1) is 0 Å². The van der Waals surface area contributed by atoms with Gasteiger partial charge in [0.1, 0.15) is 24.2 Å². The molecule has 0 radical (unpaired) electrons. The number of hydrogen-bond donors (Lipinski definition) is 1. The van der Waals surface area contributed by atoms with Crippen LogP contribution in [0, 0.1) is 0 Å². The highest BCUT2D eigenvalue weighted by Crippen LogP contribution is 2.19. The van der Waals surface area contributed by atoms with Crippen molar-refractivity contribution < 1.29 is 14.6 Å². The van der Waals surface area contributed by atoms with E-state index in [2.05, 4.69) is 0 Å². The topological polar surface area (TPSA) is 42.0 Å². The number of rotatable bonds is 3. The van der Waals surface area contributed by atoms with Crippen molar-refractivity contribution in [3.05, 3.63) is 58.6 Å². The van der Waals surface area contributed by atoms with E-state index in [-0.39, 0.29) is 5.75 Å². The molecule has 1 atom stereocenters. The van der Waals surface area contributed by atoms with Crippen LogP contribution in [0.4, 0.5) is 0 Å². The summed E-state index contributed by atoms with van der Waals surface area (Å²) in [7, 11) is 0. The van der Waals surface area contributed by atoms with Crippen molar-refractivity contribution in [1.29, 1.82) is 0 Å². The Morgan fingerprint density at radius 2 is 1.75 bits per heavy atom. The van der Waals surface area contributed by atoms with Gasteiger partial charge in [-0.1, -0.05) is 35.3 Å². The number of halogens is 2. The monoisotopic (exact) mass is 312 g/mol. The highest BCUT2D eigenvalue weighted by Gasteiger charge is 2.22. The van der Waals surface area contributed by atoms with E-state index in [0.29, 0.717) is 22.8 Å². The number of ether oxygens (including phenoxy) is 2. The summed E-state index contributed by atoms with van der Waals surface area (Å²) in [6.07, 6.45) is 0.295. The highest BCUT2D eigenvalue weighted by molar-refractivity contribution is 6.31. The summed E-state index contributed by atoms with van der Waals surface area (Å²) in [5, 5.41) is 9.99. The van der Waals surface area contributed by atoms with Crippen molar-refractivity contribution in [3.8, 4) is 11.5 Å². The normalized spacial score (nSPS) is 16.0. The van der Waals surface area contributed by atoms with Gasteiger partial charge in [0.2, 0.25) is 0 Å². The maximum absolute atomic E-state index is 8.73. The SMILES string of the molecule is Clc1cccc(OCC2CO2)c1.Oc1cccc(Cl)c1. The summed E-state index contributed by atoms with van der Waals surface area (Å²) in [6, 6.07) is 13.8. The molecule has 0 spiro atoms. The van der Waals surface area contributed by atoms with Crippen LogP contribution in [-0.2, 0) is 4.74 Å². The summed E-state index contributed by atoms with van der Waals surface area (Å²) in [4.78, 5) is 0. The van der Waals surface area contributed by atoms with E-state index >= 15 is 0 Å². The molecule has 1 aliphatic heterocycles. The molecule has 1 heterocycles. The minimum Gasteiger partial charge on any atom is -0.508 e. The second-order valence-corrected chi connectivity index (χ2v) is 5.08. The molecule has 3 rings (SSSR count). The Morgan fingerprint density at radius 1 is 1.10 bits per heavy atom. The van der Waals surface area contributed by atoms with Crippen molar-refractivity contribution in [2.75, 3.05) is 13.2 Å². The Bertz CT molecular complexity index is 539. The van der Waals surface area contributed by atoms with Gasteiger partial charge in [-0.25, -0.2) is 0 Å². The third-order valence-corrected chi connectivity index (χ3v) is 2.91. The average molecular weight is 313 g/mol. The molecule has 106 valence electrons. The summed E-state index contributed by atoms with van der Waals surface area (Å²) >= 11 is 11.2. The van der Waals surface area contributed by atoms with Gasteiger partial charge in [0.25, 0.3) is 0 Å². The summed E-state index contributed by atoms with van der Waals surface area (Å²) in [5.74, 6) is 1.01. The molecule has 2 aromatic rings. The predicted molar refractivity (Wildman–Crippen MR) is 79.8 cm³/mol. The summed E-state index contributed by atoms with van der Waals surface area (Å²) < 4.78 is 10.4. The largest absolute Gasteiger partial charge is 0.508 e. The minimum absolute atomic E-state index is 0.206. The Labute approximate surface area is 127 Å². The Kier molecular flexibility index (Phi) is 5.53. The van der Waals surface area contributed by atoms with Crippen molar-refractivity contribution >= 4 is 23.2 Å². The lowest BCUT2D eigenvalue weighted by Crippen LogP contribution is -2.03. The van der Waals surface area contributed by atoms with Gasteiger partial charge in [0.05, 0.1) is 6.61 Å². The van der Waals surface area contributed by atoms with Crippen LogP contribution in [0.1, 0.15) is 0 Å². The number of aromatic hydroxyl groups is 1. The molecule has 1 aliphatic rings. The number of epoxide rings is 1. The minimum atomic E-state index is 0.206. The Balaban J connectivity index is 0.000000160. The van der Waals surface area contributed by atoms with Crippen LogP contribution in [0.15, 0.2) is 48.5 Å². The molecule has 1 saturated heterocycles. The zero-order valence-electron chi connectivity index (χ0n) is 10.6. The van der Waals surface area contributed by atoms with E-state index in [1.807, 2.05) is 18.2 Å². The van der Waals surface area contributed by atoms with Gasteiger partial charge in [-0.05, 0) is 36.4 Å². The molecule has 1 fully saturated rings. The van der Waals surface area contributed by atoms with Gasteiger partial charge >= 0.3 is 0 Å². The summed E-state index contributed by atoms with van der Waals surface area (Å²) in [5.41, 5.74) is 0. The van der Waals surface area contributed by atoms with Crippen LogP contribution < -0.4 is 4.74 Å². The smallest absolute Gasteiger partial charge is 0.120 e. The van der Waals surface area contributed by atoms with Crippen LogP contribution in [0.3, 0.4) is 0 Å². The molecule has 0 amide bonds. The molecule has 5 heteroatoms. The molecule has 0 saturated carbocycles. The van der Waals surface area contributed by atoms with Crippen molar-refractivity contribution in [1.82, 2.24) is 0 Å². The Morgan fingerprint density at radius 3 is 2.25 bits per heavy atom. The van der Waals surface area contributed by atoms with E-state index in [0.717, 1.165) is 12.4 Å². The molecular formula is C15H14Cl2O3. The van der Waals surface area contributed by atoms with Crippen LogP contribution in [0.5, 0.6) is 11.5 Å². The van der Waals surface area contributed by atoms with Gasteiger partial charge in [-0.3, -0.25) is 0 Å². The standard InChI is InChI=1S/C9H9ClO2.C6H5ClO/c10-7-2-1-3-8(4-7)11-5-9-6-12-9;7-5-2-1-3-6(8)4-5/h1-4,9H,5-6H2;1-4,8H. The molecule has 0 aromatic heterocycles. The zero-order chi connectivity index (χ0) is 14.4. The number of phenols is 1. The van der Waals surface area contributed by atoms with Gasteiger partial charge in [0.15, 0.2) is 0 Å². The quantitative estimate of drug-likeness (QED) is 0.865. The second-order valence-electron chi connectivity index (χ2n) is 4.20. The molecule has 1 unspecified atom stereocenters. The second kappa shape index (κ2) is 7.39. The fourth-order valence-corrected chi connectivity index (χ4v) is 1.75. The fraction of sp³-hybridized carbons (Fsp3) is 0.200. The van der Waals surface area contributed by atoms with Crippen LogP contribution >= 0.6 is 23.2 Å². The summed E-state index contributed by atoms with van der Waals surface area (Å²) in [6.45, 7) is 1.45. The van der Waals surface area contributed by atoms with E-state index < -0.39 is 0 Å². The lowest BCUT2D eigenvalue weighted by Gasteiger charge is -2.03. The predicted octanol–water partition coefficient (Wildman–Crippen LogP) is 4.16. The third-order valence-electron chi connectivity index (χ3n) is 2.44. The molecule has 0 bridgehead atoms. The van der Waals surface area contributed by atoms with E-state index in [9.17, 15) is 0 Å². The molecule has 20 heavy (non-hydrogen) atoms. The van der Waals surface area contributed by atoms with Crippen LogP contribution in [0.25, 0.3) is 0 Å². The van der Waals surface area contributed by atoms with Crippen molar-refractivity contribution in [3.63, 3.8) is 0 Å². The number of hydrogen-bond acceptors (Lipinski definition) is 3. The maximum Gasteiger partial charge on any atom is 0.120 e. The molecular weight excluding hydrogens is 299 g/mol. The van der Waals surface area contributed by atoms with Crippen molar-refractivity contribution in [2.45, 2.75) is 6.10 Å². The van der Waals surface area contributed by atoms with E-state index in [1.165, 1.54) is 6.07 Å². The number of phenolic OH excluding ortho intramolecular Hbond substituents is 1. The van der Waals surface area contributed by atoms with E-state index in [4.69, 9.17) is 37.8 Å². The molecule has 0 aliphatic carbocycles. The van der Waals surface area contributed by atoms with Gasteiger partial charge in [-0.2, -0.15) is 0 Å². The third kappa shape index (κ3) is 5.70. The number of benzene rings is 2. The molecule has 1 N–H and O–H groups in total. The maximum atomic E-state index is 8.73. The fourth-order valence-electron chi connectivity index (χ4n) is 1.39. The average Bonchev–Trinajstić information content (AvgIpc) is 3.21. The molecule has 3 nitrogen and oxygen atoms in total. The van der Waals surface area contributed by atoms with Gasteiger partial charge in [0, 0.05) is 10.0 Å².